The van der Waals surface area contributed by atoms with Gasteiger partial charge in [0.15, 0.2) is 0 Å². The van der Waals surface area contributed by atoms with E-state index in [0.717, 1.165) is 6.54 Å². The van der Waals surface area contributed by atoms with E-state index in [0.29, 0.717) is 29.4 Å². The molecule has 6 heteroatoms. The number of halogens is 1. The summed E-state index contributed by atoms with van der Waals surface area (Å²) in [6.45, 7) is 1.54. The minimum absolute atomic E-state index is 0.144. The number of β-amino-alcohol motifs (C(OH)–C–C–N with tert-alkyl or cyclic N) is 1. The van der Waals surface area contributed by atoms with Crippen molar-refractivity contribution in [1.82, 2.24) is 4.90 Å². The van der Waals surface area contributed by atoms with Crippen molar-refractivity contribution in [1.29, 1.82) is 0 Å². The van der Waals surface area contributed by atoms with Crippen molar-refractivity contribution in [3.63, 3.8) is 0 Å². The van der Waals surface area contributed by atoms with Crippen LogP contribution in [-0.4, -0.2) is 48.8 Å². The molecule has 0 unspecified atom stereocenters. The molecule has 1 aromatic rings. The molecule has 1 heterocycles. The quantitative estimate of drug-likeness (QED) is 0.876. The summed E-state index contributed by atoms with van der Waals surface area (Å²) in [6, 6.07) is 5.06. The number of nitrogens with one attached hydrogen (secondary N) is 1. The van der Waals surface area contributed by atoms with Crippen molar-refractivity contribution in [2.75, 3.05) is 32.1 Å². The molecular formula is C13H17ClN2O3. The number of nitrogens with zero attached hydrogens (tertiary/aromatic N) is 1. The van der Waals surface area contributed by atoms with Crippen LogP contribution < -0.4 is 10.1 Å². The van der Waals surface area contributed by atoms with Gasteiger partial charge in [0.25, 0.3) is 0 Å². The molecule has 19 heavy (non-hydrogen) atoms. The molecule has 2 N–H and O–H groups in total. The largest absolute Gasteiger partial charge is 0.495 e. The average Bonchev–Trinajstić information content (AvgIpc) is 2.75. The van der Waals surface area contributed by atoms with E-state index in [1.165, 1.54) is 7.11 Å². The van der Waals surface area contributed by atoms with Crippen LogP contribution in [-0.2, 0) is 4.79 Å². The number of hydrogen-bond donors (Lipinski definition) is 2. The van der Waals surface area contributed by atoms with E-state index in [1.807, 2.05) is 4.90 Å². The molecule has 1 saturated heterocycles. The van der Waals surface area contributed by atoms with Gasteiger partial charge in [0.05, 0.1) is 25.4 Å². The number of likely N-dealkylation sites (tertiary alicyclic amines) is 1. The number of amides is 1. The highest BCUT2D eigenvalue weighted by Crippen LogP contribution is 2.27. The summed E-state index contributed by atoms with van der Waals surface area (Å²) < 4.78 is 5.16. The Labute approximate surface area is 117 Å². The first-order valence-corrected chi connectivity index (χ1v) is 6.50. The normalized spacial score (nSPS) is 19.4. The summed E-state index contributed by atoms with van der Waals surface area (Å²) in [5.41, 5.74) is 0.555. The summed E-state index contributed by atoms with van der Waals surface area (Å²) >= 11 is 5.90. The third-order valence-electron chi connectivity index (χ3n) is 3.05. The minimum atomic E-state index is -0.325. The second-order valence-corrected chi connectivity index (χ2v) is 5.01. The third kappa shape index (κ3) is 3.83. The molecule has 1 aliphatic rings. The SMILES string of the molecule is COc1ccc(Cl)cc1NC(=O)CN1CC[C@@H](O)C1. The molecule has 1 amide bonds. The first kappa shape index (κ1) is 14.1. The summed E-state index contributed by atoms with van der Waals surface area (Å²) in [5, 5.41) is 12.7. The van der Waals surface area contributed by atoms with Crippen LogP contribution in [0.1, 0.15) is 6.42 Å². The number of carbonyl (C=O) groups is 1. The number of ether oxygens (including phenoxy) is 1. The number of rotatable bonds is 4. The standard InChI is InChI=1S/C13H17ClN2O3/c1-19-12-3-2-9(14)6-11(12)15-13(18)8-16-5-4-10(17)7-16/h2-3,6,10,17H,4-5,7-8H2,1H3,(H,15,18)/t10-/m1/s1. The molecule has 1 aromatic carbocycles. The predicted molar refractivity (Wildman–Crippen MR) is 73.7 cm³/mol. The van der Waals surface area contributed by atoms with Crippen molar-refractivity contribution in [3.8, 4) is 5.75 Å². The van der Waals surface area contributed by atoms with Crippen molar-refractivity contribution in [3.05, 3.63) is 23.2 Å². The fraction of sp³-hybridized carbons (Fsp3) is 0.462. The van der Waals surface area contributed by atoms with Gasteiger partial charge in [0, 0.05) is 18.1 Å². The lowest BCUT2D eigenvalue weighted by molar-refractivity contribution is -0.117. The van der Waals surface area contributed by atoms with Gasteiger partial charge in [-0.05, 0) is 24.6 Å². The second kappa shape index (κ2) is 6.23. The number of carbonyl (C=O) groups excluding carboxylic acids is 1. The first-order chi connectivity index (χ1) is 9.08. The van der Waals surface area contributed by atoms with Crippen LogP contribution in [0.3, 0.4) is 0 Å². The number of aliphatic hydroxyl groups is 1. The maximum atomic E-state index is 11.9. The molecule has 1 aliphatic heterocycles. The highest BCUT2D eigenvalue weighted by molar-refractivity contribution is 6.31. The molecule has 104 valence electrons. The van der Waals surface area contributed by atoms with Gasteiger partial charge in [0.1, 0.15) is 5.75 Å². The van der Waals surface area contributed by atoms with Gasteiger partial charge in [-0.3, -0.25) is 9.69 Å². The lowest BCUT2D eigenvalue weighted by Gasteiger charge is -2.15. The Morgan fingerprint density at radius 2 is 2.42 bits per heavy atom. The van der Waals surface area contributed by atoms with Crippen LogP contribution in [0, 0.1) is 0 Å². The monoisotopic (exact) mass is 284 g/mol. The molecule has 0 saturated carbocycles. The van der Waals surface area contributed by atoms with E-state index < -0.39 is 0 Å². The highest BCUT2D eigenvalue weighted by Gasteiger charge is 2.22. The fourth-order valence-electron chi connectivity index (χ4n) is 2.13. The van der Waals surface area contributed by atoms with Gasteiger partial charge >= 0.3 is 0 Å². The Bertz CT molecular complexity index is 467. The fourth-order valence-corrected chi connectivity index (χ4v) is 2.30. The van der Waals surface area contributed by atoms with Gasteiger partial charge in [-0.25, -0.2) is 0 Å². The molecule has 0 bridgehead atoms. The van der Waals surface area contributed by atoms with Crippen molar-refractivity contribution in [2.45, 2.75) is 12.5 Å². The topological polar surface area (TPSA) is 61.8 Å². The Morgan fingerprint density at radius 3 is 3.05 bits per heavy atom. The summed E-state index contributed by atoms with van der Waals surface area (Å²) in [6.07, 6.45) is 0.391. The zero-order valence-corrected chi connectivity index (χ0v) is 11.5. The molecule has 5 nitrogen and oxygen atoms in total. The Kier molecular flexibility index (Phi) is 4.63. The zero-order chi connectivity index (χ0) is 13.8. The minimum Gasteiger partial charge on any atom is -0.495 e. The van der Waals surface area contributed by atoms with Crippen LogP contribution in [0.4, 0.5) is 5.69 Å². The van der Waals surface area contributed by atoms with E-state index in [-0.39, 0.29) is 18.6 Å². The number of benzene rings is 1. The lowest BCUT2D eigenvalue weighted by Crippen LogP contribution is -2.32. The maximum Gasteiger partial charge on any atom is 0.238 e. The molecule has 1 atom stereocenters. The Morgan fingerprint density at radius 1 is 1.63 bits per heavy atom. The van der Waals surface area contributed by atoms with E-state index in [4.69, 9.17) is 16.3 Å². The van der Waals surface area contributed by atoms with Crippen LogP contribution in [0.2, 0.25) is 5.02 Å². The van der Waals surface area contributed by atoms with Gasteiger partial charge in [-0.1, -0.05) is 11.6 Å². The lowest BCUT2D eigenvalue weighted by atomic mass is 10.3. The Hall–Kier alpha value is -1.30. The predicted octanol–water partition coefficient (Wildman–Crippen LogP) is 1.35. The van der Waals surface area contributed by atoms with Gasteiger partial charge in [-0.2, -0.15) is 0 Å². The zero-order valence-electron chi connectivity index (χ0n) is 10.7. The van der Waals surface area contributed by atoms with Crippen molar-refractivity contribution in [2.24, 2.45) is 0 Å². The third-order valence-corrected chi connectivity index (χ3v) is 3.29. The smallest absolute Gasteiger partial charge is 0.238 e. The summed E-state index contributed by atoms with van der Waals surface area (Å²) in [4.78, 5) is 13.8. The van der Waals surface area contributed by atoms with E-state index >= 15 is 0 Å². The van der Waals surface area contributed by atoms with Crippen LogP contribution in [0.5, 0.6) is 5.75 Å². The summed E-state index contributed by atoms with van der Waals surface area (Å²) in [7, 11) is 1.54. The van der Waals surface area contributed by atoms with Gasteiger partial charge < -0.3 is 15.2 Å². The molecule has 0 spiro atoms. The maximum absolute atomic E-state index is 11.9. The van der Waals surface area contributed by atoms with Crippen LogP contribution >= 0.6 is 11.6 Å². The number of anilines is 1. The number of hydrogen-bond acceptors (Lipinski definition) is 4. The average molecular weight is 285 g/mol. The second-order valence-electron chi connectivity index (χ2n) is 4.57. The van der Waals surface area contributed by atoms with Crippen LogP contribution in [0.15, 0.2) is 18.2 Å². The van der Waals surface area contributed by atoms with Crippen molar-refractivity contribution >= 4 is 23.2 Å². The van der Waals surface area contributed by atoms with E-state index in [2.05, 4.69) is 5.32 Å². The van der Waals surface area contributed by atoms with Gasteiger partial charge in [0.2, 0.25) is 5.91 Å². The molecule has 0 aromatic heterocycles. The molecule has 2 rings (SSSR count). The summed E-state index contributed by atoms with van der Waals surface area (Å²) in [5.74, 6) is 0.425. The van der Waals surface area contributed by atoms with Gasteiger partial charge in [-0.15, -0.1) is 0 Å². The van der Waals surface area contributed by atoms with E-state index in [1.54, 1.807) is 18.2 Å². The Balaban J connectivity index is 1.96. The number of aliphatic hydroxyl groups excluding tert-OH is 1. The first-order valence-electron chi connectivity index (χ1n) is 6.12. The van der Waals surface area contributed by atoms with Crippen LogP contribution in [0.25, 0.3) is 0 Å². The molecule has 1 fully saturated rings. The van der Waals surface area contributed by atoms with E-state index in [9.17, 15) is 9.90 Å². The number of methoxy groups -OCH3 is 1. The molecular weight excluding hydrogens is 268 g/mol. The highest BCUT2D eigenvalue weighted by atomic mass is 35.5. The van der Waals surface area contributed by atoms with Crippen molar-refractivity contribution < 1.29 is 14.6 Å². The molecule has 0 aliphatic carbocycles. The molecule has 0 radical (unpaired) electrons.